The Kier molecular flexibility index (Phi) is 2.34. The van der Waals surface area contributed by atoms with Crippen LogP contribution in [0.1, 0.15) is 19.3 Å². The SMILES string of the molecule is O=C(O)[C@H]1CCC[C@H]2C(=O)NCC(=O)N12. The molecule has 2 heterocycles. The molecule has 6 heteroatoms. The third-order valence-electron chi connectivity index (χ3n) is 2.92. The van der Waals surface area contributed by atoms with E-state index in [0.29, 0.717) is 19.3 Å². The number of carboxylic acid groups (broad SMARTS) is 1. The molecular formula is C9H12N2O4. The molecule has 2 aliphatic heterocycles. The summed E-state index contributed by atoms with van der Waals surface area (Å²) in [6.07, 6.45) is 1.66. The number of carbonyl (C=O) groups excluding carboxylic acids is 2. The minimum absolute atomic E-state index is 0.0842. The molecule has 0 spiro atoms. The third kappa shape index (κ3) is 1.55. The Balaban J connectivity index is 2.27. The van der Waals surface area contributed by atoms with E-state index in [1.54, 1.807) is 0 Å². The maximum absolute atomic E-state index is 11.5. The van der Waals surface area contributed by atoms with E-state index >= 15 is 0 Å². The molecule has 2 rings (SSSR count). The molecule has 2 aliphatic rings. The number of aliphatic carboxylic acids is 1. The first-order chi connectivity index (χ1) is 7.11. The van der Waals surface area contributed by atoms with Crippen LogP contribution < -0.4 is 5.32 Å². The fourth-order valence-electron chi connectivity index (χ4n) is 2.22. The van der Waals surface area contributed by atoms with E-state index in [1.165, 1.54) is 4.90 Å². The number of hydrogen-bond donors (Lipinski definition) is 2. The lowest BCUT2D eigenvalue weighted by atomic mass is 9.93. The summed E-state index contributed by atoms with van der Waals surface area (Å²) < 4.78 is 0. The van der Waals surface area contributed by atoms with Gasteiger partial charge in [0.2, 0.25) is 11.8 Å². The van der Waals surface area contributed by atoms with E-state index in [1.807, 2.05) is 0 Å². The lowest BCUT2D eigenvalue weighted by Crippen LogP contribution is -2.64. The molecule has 2 fully saturated rings. The van der Waals surface area contributed by atoms with Crippen LogP contribution in [-0.4, -0.2) is 46.4 Å². The van der Waals surface area contributed by atoms with Crippen LogP contribution >= 0.6 is 0 Å². The standard InChI is InChI=1S/C9H12N2O4/c12-7-4-10-8(13)5-2-1-3-6(9(14)15)11(5)7/h5-6H,1-4H2,(H,10,13)(H,14,15)/t5-,6+/m0/s1. The molecule has 0 radical (unpaired) electrons. The van der Waals surface area contributed by atoms with Gasteiger partial charge in [0, 0.05) is 0 Å². The first-order valence-corrected chi connectivity index (χ1v) is 4.93. The Morgan fingerprint density at radius 2 is 2.13 bits per heavy atom. The van der Waals surface area contributed by atoms with Gasteiger partial charge in [0.05, 0.1) is 6.54 Å². The molecule has 0 aromatic carbocycles. The van der Waals surface area contributed by atoms with Gasteiger partial charge >= 0.3 is 5.97 Å². The van der Waals surface area contributed by atoms with Crippen molar-refractivity contribution < 1.29 is 19.5 Å². The Hall–Kier alpha value is -1.59. The Morgan fingerprint density at radius 3 is 2.80 bits per heavy atom. The molecule has 0 saturated carbocycles. The fourth-order valence-corrected chi connectivity index (χ4v) is 2.22. The molecule has 2 saturated heterocycles. The highest BCUT2D eigenvalue weighted by atomic mass is 16.4. The Labute approximate surface area is 86.2 Å². The second kappa shape index (κ2) is 3.52. The van der Waals surface area contributed by atoms with Crippen LogP contribution in [0.15, 0.2) is 0 Å². The minimum atomic E-state index is -1.03. The van der Waals surface area contributed by atoms with Crippen LogP contribution in [0.3, 0.4) is 0 Å². The van der Waals surface area contributed by atoms with Crippen molar-refractivity contribution in [1.82, 2.24) is 10.2 Å². The molecular weight excluding hydrogens is 200 g/mol. The maximum atomic E-state index is 11.5. The van der Waals surface area contributed by atoms with Gasteiger partial charge in [-0.3, -0.25) is 9.59 Å². The molecule has 82 valence electrons. The Morgan fingerprint density at radius 1 is 1.40 bits per heavy atom. The molecule has 2 N–H and O–H groups in total. The van der Waals surface area contributed by atoms with Crippen molar-refractivity contribution in [2.45, 2.75) is 31.3 Å². The van der Waals surface area contributed by atoms with Crippen molar-refractivity contribution in [2.75, 3.05) is 6.54 Å². The quantitative estimate of drug-likeness (QED) is 0.580. The summed E-state index contributed by atoms with van der Waals surface area (Å²) >= 11 is 0. The average molecular weight is 212 g/mol. The second-order valence-corrected chi connectivity index (χ2v) is 3.82. The summed E-state index contributed by atoms with van der Waals surface area (Å²) in [4.78, 5) is 35.1. The van der Waals surface area contributed by atoms with E-state index < -0.39 is 18.1 Å². The van der Waals surface area contributed by atoms with Gasteiger partial charge in [-0.15, -0.1) is 0 Å². The van der Waals surface area contributed by atoms with Gasteiger partial charge in [-0.05, 0) is 19.3 Å². The zero-order chi connectivity index (χ0) is 11.0. The zero-order valence-corrected chi connectivity index (χ0v) is 8.10. The van der Waals surface area contributed by atoms with Gasteiger partial charge in [0.25, 0.3) is 0 Å². The van der Waals surface area contributed by atoms with Crippen LogP contribution in [0.2, 0.25) is 0 Å². The largest absolute Gasteiger partial charge is 0.480 e. The van der Waals surface area contributed by atoms with Crippen LogP contribution in [0.25, 0.3) is 0 Å². The number of piperidine rings is 1. The second-order valence-electron chi connectivity index (χ2n) is 3.82. The molecule has 0 unspecified atom stereocenters. The number of fused-ring (bicyclic) bond motifs is 1. The normalized spacial score (nSPS) is 30.8. The van der Waals surface area contributed by atoms with Crippen molar-refractivity contribution in [3.8, 4) is 0 Å². The van der Waals surface area contributed by atoms with Gasteiger partial charge in [-0.25, -0.2) is 4.79 Å². The lowest BCUT2D eigenvalue weighted by molar-refractivity contribution is -0.160. The number of hydrogen-bond acceptors (Lipinski definition) is 3. The Bertz CT molecular complexity index is 322. The molecule has 0 aliphatic carbocycles. The molecule has 0 aromatic rings. The van der Waals surface area contributed by atoms with Crippen molar-refractivity contribution in [2.24, 2.45) is 0 Å². The summed E-state index contributed by atoms with van der Waals surface area (Å²) in [6.45, 7) is -0.0842. The number of rotatable bonds is 1. The van der Waals surface area contributed by atoms with Crippen molar-refractivity contribution in [1.29, 1.82) is 0 Å². The summed E-state index contributed by atoms with van der Waals surface area (Å²) in [5.41, 5.74) is 0. The number of amides is 2. The fraction of sp³-hybridized carbons (Fsp3) is 0.667. The van der Waals surface area contributed by atoms with Crippen molar-refractivity contribution in [3.63, 3.8) is 0 Å². The molecule has 0 aromatic heterocycles. The maximum Gasteiger partial charge on any atom is 0.326 e. The van der Waals surface area contributed by atoms with E-state index in [0.717, 1.165) is 0 Å². The van der Waals surface area contributed by atoms with E-state index in [4.69, 9.17) is 5.11 Å². The van der Waals surface area contributed by atoms with Crippen LogP contribution in [0.5, 0.6) is 0 Å². The number of piperazine rings is 1. The number of carbonyl (C=O) groups is 3. The van der Waals surface area contributed by atoms with Crippen molar-refractivity contribution in [3.05, 3.63) is 0 Å². The highest BCUT2D eigenvalue weighted by Crippen LogP contribution is 2.25. The lowest BCUT2D eigenvalue weighted by Gasteiger charge is -2.41. The van der Waals surface area contributed by atoms with Gasteiger partial charge in [0.15, 0.2) is 0 Å². The van der Waals surface area contributed by atoms with Crippen LogP contribution in [-0.2, 0) is 14.4 Å². The minimum Gasteiger partial charge on any atom is -0.480 e. The highest BCUT2D eigenvalue weighted by Gasteiger charge is 2.43. The molecule has 2 atom stereocenters. The summed E-state index contributed by atoms with van der Waals surface area (Å²) in [6, 6.07) is -1.41. The van der Waals surface area contributed by atoms with E-state index in [-0.39, 0.29) is 18.4 Å². The predicted molar refractivity (Wildman–Crippen MR) is 48.9 cm³/mol. The number of nitrogens with zero attached hydrogens (tertiary/aromatic N) is 1. The van der Waals surface area contributed by atoms with E-state index in [2.05, 4.69) is 5.32 Å². The summed E-state index contributed by atoms with van der Waals surface area (Å²) in [5, 5.41) is 11.4. The molecule has 2 amide bonds. The zero-order valence-electron chi connectivity index (χ0n) is 8.10. The first kappa shape index (κ1) is 9.95. The topological polar surface area (TPSA) is 86.7 Å². The van der Waals surface area contributed by atoms with Gasteiger partial charge in [0.1, 0.15) is 12.1 Å². The molecule has 0 bridgehead atoms. The van der Waals surface area contributed by atoms with Crippen molar-refractivity contribution >= 4 is 17.8 Å². The van der Waals surface area contributed by atoms with Gasteiger partial charge in [-0.1, -0.05) is 0 Å². The monoisotopic (exact) mass is 212 g/mol. The summed E-state index contributed by atoms with van der Waals surface area (Å²) in [7, 11) is 0. The highest BCUT2D eigenvalue weighted by molar-refractivity contribution is 5.97. The molecule has 15 heavy (non-hydrogen) atoms. The van der Waals surface area contributed by atoms with Gasteiger partial charge in [-0.2, -0.15) is 0 Å². The number of carboxylic acids is 1. The number of nitrogens with one attached hydrogen (secondary N) is 1. The van der Waals surface area contributed by atoms with Gasteiger partial charge < -0.3 is 15.3 Å². The predicted octanol–water partition coefficient (Wildman–Crippen LogP) is -1.05. The molecule has 6 nitrogen and oxygen atoms in total. The third-order valence-corrected chi connectivity index (χ3v) is 2.92. The average Bonchev–Trinajstić information content (AvgIpc) is 2.23. The van der Waals surface area contributed by atoms with E-state index in [9.17, 15) is 14.4 Å². The summed E-state index contributed by atoms with van der Waals surface area (Å²) in [5.74, 6) is -1.56. The first-order valence-electron chi connectivity index (χ1n) is 4.93. The van der Waals surface area contributed by atoms with Crippen LogP contribution in [0, 0.1) is 0 Å². The smallest absolute Gasteiger partial charge is 0.326 e. The van der Waals surface area contributed by atoms with Crippen LogP contribution in [0.4, 0.5) is 0 Å².